The Morgan fingerprint density at radius 3 is 2.91 bits per heavy atom. The summed E-state index contributed by atoms with van der Waals surface area (Å²) in [6.07, 6.45) is -0.879. The summed E-state index contributed by atoms with van der Waals surface area (Å²) in [6.45, 7) is 0.458. The third-order valence-corrected chi connectivity index (χ3v) is 3.62. The van der Waals surface area contributed by atoms with E-state index < -0.39 is 11.9 Å². The molecular weight excluding hydrogens is 307 g/mol. The first-order valence-electron chi connectivity index (χ1n) is 6.74. The molecule has 5 nitrogen and oxygen atoms in total. The van der Waals surface area contributed by atoms with Crippen LogP contribution in [0.5, 0.6) is 5.75 Å². The van der Waals surface area contributed by atoms with Gasteiger partial charge >= 0.3 is 6.03 Å². The molecule has 1 unspecified atom stereocenters. The van der Waals surface area contributed by atoms with Gasteiger partial charge in [0, 0.05) is 17.5 Å². The first-order valence-corrected chi connectivity index (χ1v) is 7.62. The Morgan fingerprint density at radius 2 is 2.18 bits per heavy atom. The molecule has 0 bridgehead atoms. The second-order valence-corrected chi connectivity index (χ2v) is 5.60. The van der Waals surface area contributed by atoms with Gasteiger partial charge in [-0.1, -0.05) is 12.1 Å². The van der Waals surface area contributed by atoms with E-state index in [1.54, 1.807) is 17.4 Å². The Balaban J connectivity index is 1.62. The van der Waals surface area contributed by atoms with Crippen LogP contribution in [-0.2, 0) is 6.54 Å². The number of hydrogen-bond acceptors (Lipinski definition) is 4. The van der Waals surface area contributed by atoms with E-state index in [1.165, 1.54) is 18.2 Å². The van der Waals surface area contributed by atoms with Crippen molar-refractivity contribution in [2.75, 3.05) is 13.2 Å². The second-order valence-electron chi connectivity index (χ2n) is 4.57. The van der Waals surface area contributed by atoms with Crippen molar-refractivity contribution in [3.8, 4) is 5.75 Å². The van der Waals surface area contributed by atoms with Gasteiger partial charge in [0.25, 0.3) is 0 Å². The Bertz CT molecular complexity index is 592. The lowest BCUT2D eigenvalue weighted by Gasteiger charge is -2.13. The van der Waals surface area contributed by atoms with Crippen LogP contribution in [0, 0.1) is 5.82 Å². The van der Waals surface area contributed by atoms with Gasteiger partial charge in [-0.15, -0.1) is 11.3 Å². The van der Waals surface area contributed by atoms with Crippen molar-refractivity contribution >= 4 is 17.4 Å². The number of amides is 2. The number of aliphatic hydroxyl groups excluding tert-OH is 1. The van der Waals surface area contributed by atoms with Crippen LogP contribution >= 0.6 is 11.3 Å². The monoisotopic (exact) mass is 324 g/mol. The molecule has 1 heterocycles. The van der Waals surface area contributed by atoms with Gasteiger partial charge in [-0.3, -0.25) is 0 Å². The minimum absolute atomic E-state index is 0.0331. The van der Waals surface area contributed by atoms with Crippen LogP contribution in [0.1, 0.15) is 4.88 Å². The number of carbonyl (C=O) groups is 1. The van der Waals surface area contributed by atoms with Crippen molar-refractivity contribution in [3.05, 3.63) is 52.5 Å². The molecule has 0 aliphatic carbocycles. The van der Waals surface area contributed by atoms with Crippen LogP contribution < -0.4 is 15.4 Å². The third kappa shape index (κ3) is 5.71. The predicted molar refractivity (Wildman–Crippen MR) is 82.5 cm³/mol. The first kappa shape index (κ1) is 16.3. The molecule has 118 valence electrons. The number of carbonyl (C=O) groups excluding carboxylic acids is 1. The Hall–Kier alpha value is -2.12. The smallest absolute Gasteiger partial charge is 0.315 e. The molecule has 2 rings (SSSR count). The Kier molecular flexibility index (Phi) is 6.17. The molecule has 0 aliphatic heterocycles. The zero-order valence-corrected chi connectivity index (χ0v) is 12.6. The minimum atomic E-state index is -0.879. The van der Waals surface area contributed by atoms with E-state index >= 15 is 0 Å². The Labute approximate surface area is 131 Å². The van der Waals surface area contributed by atoms with Crippen LogP contribution in [0.25, 0.3) is 0 Å². The maximum Gasteiger partial charge on any atom is 0.315 e. The molecule has 0 fully saturated rings. The number of aliphatic hydroxyl groups is 1. The number of halogens is 1. The van der Waals surface area contributed by atoms with Crippen LogP contribution in [0.4, 0.5) is 9.18 Å². The predicted octanol–water partition coefficient (Wildman–Crippen LogP) is 2.13. The molecule has 7 heteroatoms. The molecule has 0 spiro atoms. The lowest BCUT2D eigenvalue weighted by molar-refractivity contribution is 0.107. The molecule has 1 aromatic carbocycles. The highest BCUT2D eigenvalue weighted by molar-refractivity contribution is 7.09. The van der Waals surface area contributed by atoms with E-state index in [-0.39, 0.29) is 19.2 Å². The summed E-state index contributed by atoms with van der Waals surface area (Å²) >= 11 is 1.55. The number of benzene rings is 1. The maximum atomic E-state index is 12.9. The first-order chi connectivity index (χ1) is 10.6. The van der Waals surface area contributed by atoms with Crippen molar-refractivity contribution in [1.82, 2.24) is 10.6 Å². The average Bonchev–Trinajstić information content (AvgIpc) is 3.02. The fourth-order valence-electron chi connectivity index (χ4n) is 1.66. The molecule has 1 aromatic heterocycles. The fraction of sp³-hybridized carbons (Fsp3) is 0.267. The highest BCUT2D eigenvalue weighted by Gasteiger charge is 2.08. The molecule has 0 aliphatic rings. The van der Waals surface area contributed by atoms with Gasteiger partial charge in [-0.25, -0.2) is 9.18 Å². The molecule has 3 N–H and O–H groups in total. The number of nitrogens with one attached hydrogen (secondary N) is 2. The zero-order valence-electron chi connectivity index (χ0n) is 11.8. The van der Waals surface area contributed by atoms with Crippen LogP contribution in [0.15, 0.2) is 41.8 Å². The number of urea groups is 1. The topological polar surface area (TPSA) is 70.6 Å². The summed E-state index contributed by atoms with van der Waals surface area (Å²) in [7, 11) is 0. The van der Waals surface area contributed by atoms with E-state index in [4.69, 9.17) is 4.74 Å². The molecule has 0 saturated heterocycles. The second kappa shape index (κ2) is 8.35. The van der Waals surface area contributed by atoms with E-state index in [9.17, 15) is 14.3 Å². The highest BCUT2D eigenvalue weighted by atomic mass is 32.1. The molecule has 1 atom stereocenters. The molecule has 0 saturated carbocycles. The average molecular weight is 324 g/mol. The fourth-order valence-corrected chi connectivity index (χ4v) is 2.31. The summed E-state index contributed by atoms with van der Waals surface area (Å²) in [5.74, 6) is -0.0701. The van der Waals surface area contributed by atoms with Crippen LogP contribution in [0.3, 0.4) is 0 Å². The number of hydrogen-bond donors (Lipinski definition) is 3. The summed E-state index contributed by atoms with van der Waals surface area (Å²) in [6, 6.07) is 9.12. The molecule has 22 heavy (non-hydrogen) atoms. The van der Waals surface area contributed by atoms with Crippen molar-refractivity contribution < 1.29 is 19.0 Å². The number of rotatable bonds is 7. The van der Waals surface area contributed by atoms with Gasteiger partial charge in [-0.2, -0.15) is 0 Å². The SMILES string of the molecule is O=C(NCc1cccs1)NCC(O)COc1cccc(F)c1. The van der Waals surface area contributed by atoms with E-state index in [1.807, 2.05) is 17.5 Å². The van der Waals surface area contributed by atoms with E-state index in [2.05, 4.69) is 10.6 Å². The largest absolute Gasteiger partial charge is 0.491 e. The zero-order chi connectivity index (χ0) is 15.8. The summed E-state index contributed by atoms with van der Waals surface area (Å²) < 4.78 is 18.2. The lowest BCUT2D eigenvalue weighted by Crippen LogP contribution is -2.40. The van der Waals surface area contributed by atoms with Crippen molar-refractivity contribution in [1.29, 1.82) is 0 Å². The van der Waals surface area contributed by atoms with Crippen molar-refractivity contribution in [2.24, 2.45) is 0 Å². The quantitative estimate of drug-likeness (QED) is 0.731. The van der Waals surface area contributed by atoms with Crippen LogP contribution in [-0.4, -0.2) is 30.4 Å². The number of ether oxygens (including phenoxy) is 1. The van der Waals surface area contributed by atoms with E-state index in [0.717, 1.165) is 4.88 Å². The normalized spacial score (nSPS) is 11.7. The minimum Gasteiger partial charge on any atom is -0.491 e. The Morgan fingerprint density at radius 1 is 1.32 bits per heavy atom. The van der Waals surface area contributed by atoms with Crippen LogP contribution in [0.2, 0.25) is 0 Å². The molecular formula is C15H17FN2O3S. The van der Waals surface area contributed by atoms with Gasteiger partial charge in [0.2, 0.25) is 0 Å². The summed E-state index contributed by atoms with van der Waals surface area (Å²) in [4.78, 5) is 12.6. The highest BCUT2D eigenvalue weighted by Crippen LogP contribution is 2.12. The molecule has 2 aromatic rings. The van der Waals surface area contributed by atoms with Gasteiger partial charge < -0.3 is 20.5 Å². The molecule has 2 amide bonds. The molecule has 0 radical (unpaired) electrons. The lowest BCUT2D eigenvalue weighted by atomic mass is 10.3. The van der Waals surface area contributed by atoms with Gasteiger partial charge in [0.15, 0.2) is 0 Å². The standard InChI is InChI=1S/C15H17FN2O3S/c16-11-3-1-4-13(7-11)21-10-12(19)8-17-15(20)18-9-14-5-2-6-22-14/h1-7,12,19H,8-10H2,(H2,17,18,20). The van der Waals surface area contributed by atoms with Gasteiger partial charge in [-0.05, 0) is 23.6 Å². The van der Waals surface area contributed by atoms with Crippen molar-refractivity contribution in [3.63, 3.8) is 0 Å². The number of thiophene rings is 1. The summed E-state index contributed by atoms with van der Waals surface area (Å²) in [5.41, 5.74) is 0. The van der Waals surface area contributed by atoms with E-state index in [0.29, 0.717) is 12.3 Å². The van der Waals surface area contributed by atoms with Gasteiger partial charge in [0.05, 0.1) is 6.54 Å². The summed E-state index contributed by atoms with van der Waals surface area (Å²) in [5, 5.41) is 16.9. The van der Waals surface area contributed by atoms with Gasteiger partial charge in [0.1, 0.15) is 24.3 Å². The van der Waals surface area contributed by atoms with Crippen molar-refractivity contribution in [2.45, 2.75) is 12.6 Å². The maximum absolute atomic E-state index is 12.9. The third-order valence-electron chi connectivity index (χ3n) is 2.74.